The maximum Gasteiger partial charge on any atom is 0.278 e. The zero-order valence-electron chi connectivity index (χ0n) is 5.46. The van der Waals surface area contributed by atoms with Gasteiger partial charge in [-0.05, 0) is 25.4 Å². The van der Waals surface area contributed by atoms with Crippen LogP contribution >= 0.6 is 11.6 Å². The minimum atomic E-state index is -4.38. The molecule has 0 bridgehead atoms. The molecule has 0 aromatic carbocycles. The third-order valence-corrected chi connectivity index (χ3v) is 3.18. The highest BCUT2D eigenvalue weighted by atomic mass is 35.5. The molecular formula is C4H7ClO4S. The van der Waals surface area contributed by atoms with Gasteiger partial charge in [0.15, 0.2) is 4.75 Å². The molecule has 1 N–H and O–H groups in total. The number of carbonyl (C=O) groups is 1. The fourth-order valence-electron chi connectivity index (χ4n) is 0.101. The van der Waals surface area contributed by atoms with Crippen LogP contribution in [0.1, 0.15) is 13.8 Å². The molecule has 0 aromatic rings. The van der Waals surface area contributed by atoms with Gasteiger partial charge >= 0.3 is 0 Å². The first-order valence-corrected chi connectivity index (χ1v) is 4.18. The highest BCUT2D eigenvalue weighted by Crippen LogP contribution is 2.17. The minimum absolute atomic E-state index is 1.03. The molecular weight excluding hydrogens is 180 g/mol. The van der Waals surface area contributed by atoms with Crippen molar-refractivity contribution in [2.24, 2.45) is 0 Å². The van der Waals surface area contributed by atoms with E-state index in [4.69, 9.17) is 16.2 Å². The average molecular weight is 187 g/mol. The van der Waals surface area contributed by atoms with Gasteiger partial charge in [-0.3, -0.25) is 9.35 Å². The van der Waals surface area contributed by atoms with Gasteiger partial charge in [0, 0.05) is 0 Å². The van der Waals surface area contributed by atoms with Crippen molar-refractivity contribution >= 4 is 27.0 Å². The summed E-state index contributed by atoms with van der Waals surface area (Å²) in [5.74, 6) is 0. The van der Waals surface area contributed by atoms with Crippen LogP contribution in [-0.2, 0) is 14.9 Å². The van der Waals surface area contributed by atoms with Crippen LogP contribution in [0.2, 0.25) is 0 Å². The van der Waals surface area contributed by atoms with Crippen molar-refractivity contribution in [3.05, 3.63) is 0 Å². The van der Waals surface area contributed by atoms with Crippen molar-refractivity contribution in [1.29, 1.82) is 0 Å². The number of carbonyl (C=O) groups excluding carboxylic acids is 1. The maximum atomic E-state index is 10.3. The first-order chi connectivity index (χ1) is 4.19. The summed E-state index contributed by atoms with van der Waals surface area (Å²) < 4.78 is 27.2. The quantitative estimate of drug-likeness (QED) is 0.501. The molecule has 0 unspecified atom stereocenters. The molecule has 0 saturated heterocycles. The molecule has 0 aliphatic rings. The molecule has 4 nitrogen and oxygen atoms in total. The zero-order chi connectivity index (χ0) is 8.58. The normalized spacial score (nSPS) is 13.2. The van der Waals surface area contributed by atoms with Crippen LogP contribution in [0.5, 0.6) is 0 Å². The van der Waals surface area contributed by atoms with Crippen molar-refractivity contribution < 1.29 is 17.8 Å². The van der Waals surface area contributed by atoms with Gasteiger partial charge < -0.3 is 0 Å². The second-order valence-corrected chi connectivity index (χ2v) is 4.57. The molecule has 0 fully saturated rings. The summed E-state index contributed by atoms with van der Waals surface area (Å²) in [5, 5.41) is -1.10. The molecule has 0 aromatic heterocycles. The van der Waals surface area contributed by atoms with E-state index in [0.717, 1.165) is 13.8 Å². The Kier molecular flexibility index (Phi) is 2.45. The molecule has 0 amide bonds. The van der Waals surface area contributed by atoms with Crippen molar-refractivity contribution in [2.75, 3.05) is 0 Å². The van der Waals surface area contributed by atoms with E-state index in [1.165, 1.54) is 0 Å². The zero-order valence-corrected chi connectivity index (χ0v) is 7.03. The Morgan fingerprint density at radius 2 is 1.80 bits per heavy atom. The summed E-state index contributed by atoms with van der Waals surface area (Å²) in [6.45, 7) is 2.05. The minimum Gasteiger partial charge on any atom is -0.285 e. The van der Waals surface area contributed by atoms with Gasteiger partial charge in [0.05, 0.1) is 0 Å². The Hall–Kier alpha value is -0.130. The molecule has 0 heterocycles. The third-order valence-electron chi connectivity index (χ3n) is 1.12. The second kappa shape index (κ2) is 2.48. The Morgan fingerprint density at radius 1 is 1.50 bits per heavy atom. The number of halogens is 1. The lowest BCUT2D eigenvalue weighted by Gasteiger charge is -2.13. The van der Waals surface area contributed by atoms with Crippen LogP contribution < -0.4 is 0 Å². The van der Waals surface area contributed by atoms with E-state index in [9.17, 15) is 13.2 Å². The number of hydrogen-bond acceptors (Lipinski definition) is 3. The number of hydrogen-bond donors (Lipinski definition) is 1. The topological polar surface area (TPSA) is 71.4 Å². The molecule has 0 atom stereocenters. The summed E-state index contributed by atoms with van der Waals surface area (Å²) in [4.78, 5) is 10.3. The molecule has 0 rings (SSSR count). The Labute approximate surface area is 63.9 Å². The lowest BCUT2D eigenvalue weighted by molar-refractivity contribution is -0.113. The summed E-state index contributed by atoms with van der Waals surface area (Å²) in [7, 11) is -4.38. The lowest BCUT2D eigenvalue weighted by Crippen LogP contribution is -2.37. The van der Waals surface area contributed by atoms with Gasteiger partial charge in [-0.15, -0.1) is 0 Å². The van der Waals surface area contributed by atoms with Gasteiger partial charge in [0.25, 0.3) is 10.1 Å². The summed E-state index contributed by atoms with van der Waals surface area (Å²) >= 11 is 4.88. The van der Waals surface area contributed by atoms with Crippen LogP contribution in [-0.4, -0.2) is 23.0 Å². The van der Waals surface area contributed by atoms with E-state index in [1.807, 2.05) is 0 Å². The van der Waals surface area contributed by atoms with Crippen molar-refractivity contribution in [3.63, 3.8) is 0 Å². The van der Waals surface area contributed by atoms with E-state index >= 15 is 0 Å². The molecule has 10 heavy (non-hydrogen) atoms. The predicted octanol–water partition coefficient (Wildman–Crippen LogP) is 0.418. The predicted molar refractivity (Wildman–Crippen MR) is 36.5 cm³/mol. The van der Waals surface area contributed by atoms with E-state index in [2.05, 4.69) is 0 Å². The van der Waals surface area contributed by atoms with Crippen LogP contribution in [0.25, 0.3) is 0 Å². The highest BCUT2D eigenvalue weighted by Gasteiger charge is 2.39. The fourth-order valence-corrected chi connectivity index (χ4v) is 0.597. The molecule has 0 aliphatic heterocycles. The smallest absolute Gasteiger partial charge is 0.278 e. The van der Waals surface area contributed by atoms with E-state index < -0.39 is 20.1 Å². The highest BCUT2D eigenvalue weighted by molar-refractivity contribution is 7.88. The summed E-state index contributed by atoms with van der Waals surface area (Å²) in [5.41, 5.74) is 0. The lowest BCUT2D eigenvalue weighted by atomic mass is 10.2. The Bertz CT molecular complexity index is 240. The van der Waals surface area contributed by atoms with Crippen molar-refractivity contribution in [2.45, 2.75) is 18.6 Å². The van der Waals surface area contributed by atoms with E-state index in [0.29, 0.717) is 0 Å². The molecule has 6 heteroatoms. The first kappa shape index (κ1) is 9.87. The van der Waals surface area contributed by atoms with Crippen LogP contribution in [0, 0.1) is 0 Å². The molecule has 0 spiro atoms. The van der Waals surface area contributed by atoms with Gasteiger partial charge in [0.1, 0.15) is 0 Å². The van der Waals surface area contributed by atoms with Crippen molar-refractivity contribution in [1.82, 2.24) is 0 Å². The van der Waals surface area contributed by atoms with Crippen LogP contribution in [0.4, 0.5) is 0 Å². The van der Waals surface area contributed by atoms with Crippen LogP contribution in [0.15, 0.2) is 0 Å². The molecule has 0 aliphatic carbocycles. The molecule has 0 radical (unpaired) electrons. The third kappa shape index (κ3) is 1.68. The van der Waals surface area contributed by atoms with Crippen LogP contribution in [0.3, 0.4) is 0 Å². The average Bonchev–Trinajstić information content (AvgIpc) is 1.62. The van der Waals surface area contributed by atoms with Gasteiger partial charge in [-0.25, -0.2) is 0 Å². The largest absolute Gasteiger partial charge is 0.285 e. The van der Waals surface area contributed by atoms with Crippen molar-refractivity contribution in [3.8, 4) is 0 Å². The van der Waals surface area contributed by atoms with E-state index in [-0.39, 0.29) is 0 Å². The second-order valence-electron chi connectivity index (χ2n) is 2.26. The van der Waals surface area contributed by atoms with Gasteiger partial charge in [-0.1, -0.05) is 0 Å². The standard InChI is InChI=1S/C4H7ClO4S/c1-4(2,3(5)6)10(7,8)9/h1-2H3,(H,7,8,9). The Morgan fingerprint density at radius 3 is 1.80 bits per heavy atom. The van der Waals surface area contributed by atoms with Gasteiger partial charge in [-0.2, -0.15) is 8.42 Å². The summed E-state index contributed by atoms with van der Waals surface area (Å²) in [6.07, 6.45) is 0. The maximum absolute atomic E-state index is 10.3. The van der Waals surface area contributed by atoms with E-state index in [1.54, 1.807) is 0 Å². The fraction of sp³-hybridized carbons (Fsp3) is 0.750. The van der Waals surface area contributed by atoms with Gasteiger partial charge in [0.2, 0.25) is 5.24 Å². The number of rotatable bonds is 2. The summed E-state index contributed by atoms with van der Waals surface area (Å²) in [6, 6.07) is 0. The molecule has 0 saturated carbocycles. The Balaban J connectivity index is 4.95. The molecule has 60 valence electrons. The monoisotopic (exact) mass is 186 g/mol. The first-order valence-electron chi connectivity index (χ1n) is 2.36. The SMILES string of the molecule is CC(C)(C(=O)Cl)S(=O)(=O)O.